The van der Waals surface area contributed by atoms with E-state index in [0.29, 0.717) is 0 Å². The summed E-state index contributed by atoms with van der Waals surface area (Å²) in [5, 5.41) is 5.58. The van der Waals surface area contributed by atoms with Crippen molar-refractivity contribution in [2.45, 2.75) is 6.54 Å². The summed E-state index contributed by atoms with van der Waals surface area (Å²) < 4.78 is 1.18. The van der Waals surface area contributed by atoms with Crippen LogP contribution in [0.2, 0.25) is 0 Å². The fourth-order valence-corrected chi connectivity index (χ4v) is 3.60. The molecule has 2 heterocycles. The molecule has 4 heteroatoms. The highest BCUT2D eigenvalue weighted by molar-refractivity contribution is 9.10. The minimum atomic E-state index is 0.995. The Morgan fingerprint density at radius 3 is 3.06 bits per heavy atom. The molecule has 0 unspecified atom stereocenters. The fourth-order valence-electron chi connectivity index (χ4n) is 2.13. The van der Waals surface area contributed by atoms with E-state index in [4.69, 9.17) is 0 Å². The van der Waals surface area contributed by atoms with E-state index in [2.05, 4.69) is 61.9 Å². The summed E-state index contributed by atoms with van der Waals surface area (Å²) in [6.45, 7) is 3.07. The molecule has 1 aromatic heterocycles. The third-order valence-electron chi connectivity index (χ3n) is 2.91. The summed E-state index contributed by atoms with van der Waals surface area (Å²) in [4.78, 5) is 3.83. The molecule has 17 heavy (non-hydrogen) atoms. The number of nitrogens with zero attached hydrogens (tertiary/aromatic N) is 1. The Labute approximate surface area is 113 Å². The van der Waals surface area contributed by atoms with Crippen LogP contribution >= 0.6 is 27.3 Å². The van der Waals surface area contributed by atoms with Gasteiger partial charge < -0.3 is 10.2 Å². The fraction of sp³-hybridized carbons (Fsp3) is 0.231. The number of hydrogen-bond acceptors (Lipinski definition) is 3. The third-order valence-corrected chi connectivity index (χ3v) is 4.59. The zero-order valence-electron chi connectivity index (χ0n) is 9.32. The van der Waals surface area contributed by atoms with E-state index in [-0.39, 0.29) is 0 Å². The standard InChI is InChI=1S/C13H13BrN2S/c14-10-7-11(17-9-10)8-16-6-5-15-12-3-1-2-4-13(12)16/h1-4,7,9,15H,5-6,8H2. The molecule has 0 amide bonds. The second-order valence-corrected chi connectivity index (χ2v) is 6.01. The van der Waals surface area contributed by atoms with Crippen molar-refractivity contribution in [2.75, 3.05) is 23.3 Å². The molecule has 2 nitrogen and oxygen atoms in total. The number of hydrogen-bond donors (Lipinski definition) is 1. The van der Waals surface area contributed by atoms with Crippen molar-refractivity contribution in [3.05, 3.63) is 45.1 Å². The van der Waals surface area contributed by atoms with Crippen molar-refractivity contribution < 1.29 is 0 Å². The molecule has 3 rings (SSSR count). The average molecular weight is 309 g/mol. The van der Waals surface area contributed by atoms with E-state index >= 15 is 0 Å². The van der Waals surface area contributed by atoms with E-state index in [1.807, 2.05) is 11.3 Å². The molecule has 1 aliphatic heterocycles. The molecule has 1 aliphatic rings. The summed E-state index contributed by atoms with van der Waals surface area (Å²) in [6.07, 6.45) is 0. The number of halogens is 1. The van der Waals surface area contributed by atoms with Crippen LogP contribution in [0.25, 0.3) is 0 Å². The lowest BCUT2D eigenvalue weighted by Crippen LogP contribution is -2.33. The highest BCUT2D eigenvalue weighted by Crippen LogP contribution is 2.31. The maximum atomic E-state index is 3.51. The molecule has 2 aromatic rings. The number of fused-ring (bicyclic) bond motifs is 1. The largest absolute Gasteiger partial charge is 0.382 e. The molecule has 0 atom stereocenters. The lowest BCUT2D eigenvalue weighted by atomic mass is 10.2. The third kappa shape index (κ3) is 2.33. The number of benzene rings is 1. The van der Waals surface area contributed by atoms with Crippen LogP contribution in [0.15, 0.2) is 40.2 Å². The van der Waals surface area contributed by atoms with Crippen LogP contribution in [0.4, 0.5) is 11.4 Å². The normalized spacial score (nSPS) is 14.3. The van der Waals surface area contributed by atoms with Crippen molar-refractivity contribution in [1.82, 2.24) is 0 Å². The smallest absolute Gasteiger partial charge is 0.0605 e. The first kappa shape index (κ1) is 11.1. The summed E-state index contributed by atoms with van der Waals surface area (Å²) in [6, 6.07) is 10.7. The second kappa shape index (κ2) is 4.70. The number of nitrogens with one attached hydrogen (secondary N) is 1. The molecule has 0 spiro atoms. The first-order valence-electron chi connectivity index (χ1n) is 5.64. The van der Waals surface area contributed by atoms with E-state index in [9.17, 15) is 0 Å². The number of para-hydroxylation sites is 2. The predicted molar refractivity (Wildman–Crippen MR) is 78.0 cm³/mol. The topological polar surface area (TPSA) is 15.3 Å². The Morgan fingerprint density at radius 2 is 2.24 bits per heavy atom. The first-order chi connectivity index (χ1) is 8.33. The van der Waals surface area contributed by atoms with Crippen LogP contribution in [0.3, 0.4) is 0 Å². The van der Waals surface area contributed by atoms with Crippen LogP contribution in [-0.2, 0) is 6.54 Å². The lowest BCUT2D eigenvalue weighted by molar-refractivity contribution is 0.795. The molecular weight excluding hydrogens is 296 g/mol. The number of rotatable bonds is 2. The van der Waals surface area contributed by atoms with E-state index in [1.165, 1.54) is 20.7 Å². The monoisotopic (exact) mass is 308 g/mol. The molecule has 0 radical (unpaired) electrons. The van der Waals surface area contributed by atoms with Gasteiger partial charge in [-0.05, 0) is 34.1 Å². The number of anilines is 2. The highest BCUT2D eigenvalue weighted by Gasteiger charge is 2.16. The average Bonchev–Trinajstić information content (AvgIpc) is 2.75. The molecule has 0 saturated heterocycles. The van der Waals surface area contributed by atoms with Crippen molar-refractivity contribution in [3.8, 4) is 0 Å². The van der Waals surface area contributed by atoms with Crippen LogP contribution in [0.5, 0.6) is 0 Å². The molecular formula is C13H13BrN2S. The van der Waals surface area contributed by atoms with Gasteiger partial charge in [-0.3, -0.25) is 0 Å². The van der Waals surface area contributed by atoms with Crippen molar-refractivity contribution in [3.63, 3.8) is 0 Å². The zero-order valence-corrected chi connectivity index (χ0v) is 11.7. The Bertz CT molecular complexity index is 524. The predicted octanol–water partition coefficient (Wildman–Crippen LogP) is 3.94. The molecule has 0 bridgehead atoms. The van der Waals surface area contributed by atoms with Crippen LogP contribution in [0, 0.1) is 0 Å². The van der Waals surface area contributed by atoms with Gasteiger partial charge >= 0.3 is 0 Å². The maximum absolute atomic E-state index is 3.51. The van der Waals surface area contributed by atoms with Crippen molar-refractivity contribution >= 4 is 38.6 Å². The lowest BCUT2D eigenvalue weighted by Gasteiger charge is -2.31. The summed E-state index contributed by atoms with van der Waals surface area (Å²) >= 11 is 5.32. The molecule has 1 N–H and O–H groups in total. The van der Waals surface area contributed by atoms with Gasteiger partial charge in [0.2, 0.25) is 0 Å². The minimum absolute atomic E-state index is 0.995. The van der Waals surface area contributed by atoms with E-state index in [0.717, 1.165) is 19.6 Å². The van der Waals surface area contributed by atoms with E-state index in [1.54, 1.807) is 0 Å². The Morgan fingerprint density at radius 1 is 1.35 bits per heavy atom. The summed E-state index contributed by atoms with van der Waals surface area (Å²) in [7, 11) is 0. The quantitative estimate of drug-likeness (QED) is 0.904. The van der Waals surface area contributed by atoms with Gasteiger partial charge in [-0.15, -0.1) is 11.3 Å². The minimum Gasteiger partial charge on any atom is -0.382 e. The molecule has 88 valence electrons. The second-order valence-electron chi connectivity index (χ2n) is 4.10. The van der Waals surface area contributed by atoms with Crippen molar-refractivity contribution in [1.29, 1.82) is 0 Å². The highest BCUT2D eigenvalue weighted by atomic mass is 79.9. The SMILES string of the molecule is Brc1csc(CN2CCNc3ccccc32)c1. The zero-order chi connectivity index (χ0) is 11.7. The summed E-state index contributed by atoms with van der Waals surface area (Å²) in [5.74, 6) is 0. The van der Waals surface area contributed by atoms with Crippen LogP contribution in [-0.4, -0.2) is 13.1 Å². The van der Waals surface area contributed by atoms with Gasteiger partial charge in [0.05, 0.1) is 17.9 Å². The Balaban J connectivity index is 1.85. The maximum Gasteiger partial charge on any atom is 0.0605 e. The van der Waals surface area contributed by atoms with Gasteiger partial charge in [0.1, 0.15) is 0 Å². The molecule has 0 aliphatic carbocycles. The van der Waals surface area contributed by atoms with Crippen LogP contribution in [0.1, 0.15) is 4.88 Å². The molecule has 1 aromatic carbocycles. The van der Waals surface area contributed by atoms with Gasteiger partial charge in [0.25, 0.3) is 0 Å². The number of thiophene rings is 1. The van der Waals surface area contributed by atoms with E-state index < -0.39 is 0 Å². The van der Waals surface area contributed by atoms with Gasteiger partial charge in [0, 0.05) is 27.8 Å². The van der Waals surface area contributed by atoms with Gasteiger partial charge in [0.15, 0.2) is 0 Å². The molecule has 0 saturated carbocycles. The summed E-state index contributed by atoms with van der Waals surface area (Å²) in [5.41, 5.74) is 2.55. The van der Waals surface area contributed by atoms with Gasteiger partial charge in [-0.1, -0.05) is 12.1 Å². The van der Waals surface area contributed by atoms with Crippen molar-refractivity contribution in [2.24, 2.45) is 0 Å². The van der Waals surface area contributed by atoms with Crippen LogP contribution < -0.4 is 10.2 Å². The Hall–Kier alpha value is -1.00. The Kier molecular flexibility index (Phi) is 3.07. The van der Waals surface area contributed by atoms with Gasteiger partial charge in [-0.25, -0.2) is 0 Å². The molecule has 0 fully saturated rings. The van der Waals surface area contributed by atoms with Gasteiger partial charge in [-0.2, -0.15) is 0 Å². The first-order valence-corrected chi connectivity index (χ1v) is 7.31.